The lowest BCUT2D eigenvalue weighted by molar-refractivity contribution is 0.806. The van der Waals surface area contributed by atoms with Gasteiger partial charge in [-0.05, 0) is 37.3 Å². The summed E-state index contributed by atoms with van der Waals surface area (Å²) >= 11 is 3.48. The maximum Gasteiger partial charge on any atom is 0.191 e. The number of thiazole rings is 1. The summed E-state index contributed by atoms with van der Waals surface area (Å²) in [6.07, 6.45) is 4.02. The first kappa shape index (κ1) is 20.2. The van der Waals surface area contributed by atoms with E-state index in [2.05, 4.69) is 52.0 Å². The lowest BCUT2D eigenvalue weighted by atomic mass is 10.1. The number of aliphatic imine (C=N–C) groups is 1. The molecule has 0 bridgehead atoms. The highest BCUT2D eigenvalue weighted by atomic mass is 127. The lowest BCUT2D eigenvalue weighted by Crippen LogP contribution is -2.36. The normalized spacial score (nSPS) is 11.0. The second-order valence-electron chi connectivity index (χ2n) is 4.94. The number of hydrogen-bond acceptors (Lipinski definition) is 4. The van der Waals surface area contributed by atoms with Crippen LogP contribution < -0.4 is 10.6 Å². The van der Waals surface area contributed by atoms with Crippen molar-refractivity contribution < 1.29 is 0 Å². The van der Waals surface area contributed by atoms with Gasteiger partial charge in [-0.15, -0.1) is 47.1 Å². The van der Waals surface area contributed by atoms with Gasteiger partial charge in [-0.3, -0.25) is 4.99 Å². The summed E-state index contributed by atoms with van der Waals surface area (Å²) in [5, 5.41) is 7.77. The van der Waals surface area contributed by atoms with Crippen molar-refractivity contribution in [2.45, 2.75) is 31.8 Å². The third-order valence-electron chi connectivity index (χ3n) is 3.21. The lowest BCUT2D eigenvalue weighted by Gasteiger charge is -2.13. The first-order chi connectivity index (χ1) is 10.6. The standard InChI is InChI=1S/C16H22N4S2.HI/c1-11-5-6-13(15(7-11)21-4)8-19-16(17-3)20-10-14-9-18-12(2)22-14;/h5-7,9H,8,10H2,1-4H3,(H2,17,19,20);1H. The Balaban J connectivity index is 0.00000264. The number of nitrogens with zero attached hydrogens (tertiary/aromatic N) is 2. The van der Waals surface area contributed by atoms with Crippen LogP contribution >= 0.6 is 47.1 Å². The van der Waals surface area contributed by atoms with Gasteiger partial charge in [0.2, 0.25) is 0 Å². The molecule has 0 radical (unpaired) electrons. The third kappa shape index (κ3) is 6.31. The van der Waals surface area contributed by atoms with Crippen molar-refractivity contribution in [2.24, 2.45) is 4.99 Å². The summed E-state index contributed by atoms with van der Waals surface area (Å²) < 4.78 is 0. The van der Waals surface area contributed by atoms with Crippen LogP contribution in [0.25, 0.3) is 0 Å². The molecular formula is C16H23IN4S2. The Morgan fingerprint density at radius 1 is 1.26 bits per heavy atom. The van der Waals surface area contributed by atoms with Gasteiger partial charge in [0.25, 0.3) is 0 Å². The first-order valence-corrected chi connectivity index (χ1v) is 9.16. The molecule has 0 unspecified atom stereocenters. The predicted octanol–water partition coefficient (Wildman–Crippen LogP) is 3.97. The van der Waals surface area contributed by atoms with E-state index in [0.717, 1.165) is 24.1 Å². The molecule has 0 amide bonds. The zero-order chi connectivity index (χ0) is 15.9. The molecule has 0 spiro atoms. The molecule has 0 saturated carbocycles. The van der Waals surface area contributed by atoms with E-state index < -0.39 is 0 Å². The van der Waals surface area contributed by atoms with E-state index in [-0.39, 0.29) is 24.0 Å². The van der Waals surface area contributed by atoms with E-state index in [9.17, 15) is 0 Å². The van der Waals surface area contributed by atoms with Crippen LogP contribution in [0.15, 0.2) is 34.3 Å². The number of thioether (sulfide) groups is 1. The SMILES string of the molecule is CN=C(NCc1cnc(C)s1)NCc1ccc(C)cc1SC.I. The molecule has 1 aromatic heterocycles. The van der Waals surface area contributed by atoms with Crippen molar-refractivity contribution in [3.05, 3.63) is 45.4 Å². The van der Waals surface area contributed by atoms with Crippen LogP contribution in [0.2, 0.25) is 0 Å². The maximum atomic E-state index is 4.27. The van der Waals surface area contributed by atoms with Gasteiger partial charge >= 0.3 is 0 Å². The monoisotopic (exact) mass is 462 g/mol. The number of rotatable bonds is 5. The zero-order valence-electron chi connectivity index (χ0n) is 13.8. The van der Waals surface area contributed by atoms with Crippen LogP contribution in [0.3, 0.4) is 0 Å². The fourth-order valence-corrected chi connectivity index (χ4v) is 3.50. The Kier molecular flexibility index (Phi) is 8.93. The summed E-state index contributed by atoms with van der Waals surface area (Å²) in [5.74, 6) is 0.804. The van der Waals surface area contributed by atoms with Crippen LogP contribution in [-0.4, -0.2) is 24.2 Å². The number of guanidine groups is 1. The van der Waals surface area contributed by atoms with E-state index >= 15 is 0 Å². The minimum absolute atomic E-state index is 0. The highest BCUT2D eigenvalue weighted by Gasteiger charge is 2.04. The summed E-state index contributed by atoms with van der Waals surface area (Å²) in [7, 11) is 1.79. The Bertz CT molecular complexity index is 655. The van der Waals surface area contributed by atoms with Crippen molar-refractivity contribution in [3.63, 3.8) is 0 Å². The molecular weight excluding hydrogens is 439 g/mol. The Labute approximate surface area is 163 Å². The molecule has 2 N–H and O–H groups in total. The number of aryl methyl sites for hydroxylation is 2. The minimum Gasteiger partial charge on any atom is -0.352 e. The quantitative estimate of drug-likeness (QED) is 0.306. The largest absolute Gasteiger partial charge is 0.352 e. The number of halogens is 1. The molecule has 0 aliphatic carbocycles. The zero-order valence-corrected chi connectivity index (χ0v) is 17.8. The van der Waals surface area contributed by atoms with Crippen molar-refractivity contribution >= 4 is 53.0 Å². The molecule has 2 aromatic rings. The average molecular weight is 462 g/mol. The molecule has 0 fully saturated rings. The van der Waals surface area contributed by atoms with Crippen molar-refractivity contribution in [2.75, 3.05) is 13.3 Å². The highest BCUT2D eigenvalue weighted by molar-refractivity contribution is 14.0. The molecule has 4 nitrogen and oxygen atoms in total. The second kappa shape index (κ2) is 10.1. The highest BCUT2D eigenvalue weighted by Crippen LogP contribution is 2.21. The van der Waals surface area contributed by atoms with Crippen molar-refractivity contribution in [1.82, 2.24) is 15.6 Å². The van der Waals surface area contributed by atoms with Crippen LogP contribution in [0.5, 0.6) is 0 Å². The number of aromatic nitrogens is 1. The summed E-state index contributed by atoms with van der Waals surface area (Å²) in [6, 6.07) is 6.54. The third-order valence-corrected chi connectivity index (χ3v) is 4.94. The number of hydrogen-bond donors (Lipinski definition) is 2. The summed E-state index contributed by atoms with van der Waals surface area (Å²) in [4.78, 5) is 11.0. The Morgan fingerprint density at radius 2 is 2.00 bits per heavy atom. The van der Waals surface area contributed by atoms with Gasteiger partial charge in [-0.1, -0.05) is 12.1 Å². The minimum atomic E-state index is 0. The van der Waals surface area contributed by atoms with Crippen LogP contribution in [0, 0.1) is 13.8 Å². The van der Waals surface area contributed by atoms with E-state index in [0.29, 0.717) is 0 Å². The van der Waals surface area contributed by atoms with Gasteiger partial charge in [0, 0.05) is 29.6 Å². The molecule has 0 saturated heterocycles. The van der Waals surface area contributed by atoms with Gasteiger partial charge in [0.05, 0.1) is 11.6 Å². The summed E-state index contributed by atoms with van der Waals surface area (Å²) in [6.45, 7) is 5.64. The van der Waals surface area contributed by atoms with Crippen molar-refractivity contribution in [3.8, 4) is 0 Å². The first-order valence-electron chi connectivity index (χ1n) is 7.11. The van der Waals surface area contributed by atoms with Gasteiger partial charge < -0.3 is 10.6 Å². The molecule has 23 heavy (non-hydrogen) atoms. The predicted molar refractivity (Wildman–Crippen MR) is 112 cm³/mol. The molecule has 0 aliphatic heterocycles. The maximum absolute atomic E-state index is 4.27. The Hall–Kier alpha value is -0.800. The molecule has 2 rings (SSSR count). The fourth-order valence-electron chi connectivity index (χ4n) is 2.06. The molecule has 0 atom stereocenters. The van der Waals surface area contributed by atoms with Gasteiger partial charge in [-0.25, -0.2) is 4.98 Å². The average Bonchev–Trinajstić information content (AvgIpc) is 2.94. The van der Waals surface area contributed by atoms with Gasteiger partial charge in [-0.2, -0.15) is 0 Å². The molecule has 7 heteroatoms. The summed E-state index contributed by atoms with van der Waals surface area (Å²) in [5.41, 5.74) is 2.57. The van der Waals surface area contributed by atoms with E-state index in [1.54, 1.807) is 30.1 Å². The van der Waals surface area contributed by atoms with E-state index in [1.807, 2.05) is 13.1 Å². The smallest absolute Gasteiger partial charge is 0.191 e. The van der Waals surface area contributed by atoms with Crippen LogP contribution in [-0.2, 0) is 13.1 Å². The molecule has 1 aromatic carbocycles. The van der Waals surface area contributed by atoms with E-state index in [4.69, 9.17) is 0 Å². The van der Waals surface area contributed by atoms with Crippen molar-refractivity contribution in [1.29, 1.82) is 0 Å². The van der Waals surface area contributed by atoms with Crippen LogP contribution in [0.4, 0.5) is 0 Å². The Morgan fingerprint density at radius 3 is 2.61 bits per heavy atom. The van der Waals surface area contributed by atoms with E-state index in [1.165, 1.54) is 20.9 Å². The molecule has 0 aliphatic rings. The number of nitrogens with one attached hydrogen (secondary N) is 2. The second-order valence-corrected chi connectivity index (χ2v) is 7.11. The fraction of sp³-hybridized carbons (Fsp3) is 0.375. The number of benzene rings is 1. The topological polar surface area (TPSA) is 49.3 Å². The molecule has 1 heterocycles. The van der Waals surface area contributed by atoms with Crippen LogP contribution in [0.1, 0.15) is 21.0 Å². The van der Waals surface area contributed by atoms with Gasteiger partial charge in [0.15, 0.2) is 5.96 Å². The van der Waals surface area contributed by atoms with Gasteiger partial charge in [0.1, 0.15) is 0 Å². The molecule has 126 valence electrons.